The fourth-order valence-corrected chi connectivity index (χ4v) is 11.5. The topological polar surface area (TPSA) is 18.5 Å². The van der Waals surface area contributed by atoms with Gasteiger partial charge in [0.15, 0.2) is 0 Å². The van der Waals surface area contributed by atoms with Gasteiger partial charge >= 0.3 is 8.56 Å². The first-order valence-corrected chi connectivity index (χ1v) is 11.2. The normalized spacial score (nSPS) is 29.3. The summed E-state index contributed by atoms with van der Waals surface area (Å²) >= 11 is 0. The summed E-state index contributed by atoms with van der Waals surface area (Å²) in [7, 11) is 1.31. The van der Waals surface area contributed by atoms with E-state index in [9.17, 15) is 0 Å². The molecular weight excluding hydrogens is 300 g/mol. The Balaban J connectivity index is 3.61. The maximum absolute atomic E-state index is 6.46. The van der Waals surface area contributed by atoms with Gasteiger partial charge in [0.1, 0.15) is 0 Å². The summed E-state index contributed by atoms with van der Waals surface area (Å²) in [5, 5.41) is 0.142. The van der Waals surface area contributed by atoms with Crippen molar-refractivity contribution < 1.29 is 8.85 Å². The Bertz CT molecular complexity index is 410. The van der Waals surface area contributed by atoms with Crippen molar-refractivity contribution in [3.63, 3.8) is 0 Å². The van der Waals surface area contributed by atoms with Crippen molar-refractivity contribution in [2.24, 2.45) is 16.7 Å². The molecule has 0 amide bonds. The van der Waals surface area contributed by atoms with E-state index in [1.165, 1.54) is 19.3 Å². The van der Waals surface area contributed by atoms with Gasteiger partial charge < -0.3 is 8.85 Å². The molecule has 0 bridgehead atoms. The summed E-state index contributed by atoms with van der Waals surface area (Å²) in [6.45, 7) is 21.7. The van der Waals surface area contributed by atoms with E-state index in [1.54, 1.807) is 0 Å². The number of rotatable bonds is 6. The van der Waals surface area contributed by atoms with Crippen molar-refractivity contribution in [3.8, 4) is 0 Å². The highest BCUT2D eigenvalue weighted by atomic mass is 28.4. The molecule has 3 heteroatoms. The van der Waals surface area contributed by atoms with Gasteiger partial charge in [-0.1, -0.05) is 75.2 Å². The second-order valence-corrected chi connectivity index (χ2v) is 14.2. The fourth-order valence-electron chi connectivity index (χ4n) is 5.44. The van der Waals surface area contributed by atoms with Gasteiger partial charge in [-0.25, -0.2) is 0 Å². The summed E-state index contributed by atoms with van der Waals surface area (Å²) in [5.41, 5.74) is 0.460. The molecular formula is C20H42O2Si. The first kappa shape index (κ1) is 21.2. The molecule has 0 saturated heterocycles. The third kappa shape index (κ3) is 2.66. The van der Waals surface area contributed by atoms with E-state index in [4.69, 9.17) is 8.85 Å². The average Bonchev–Trinajstić information content (AvgIpc) is 2.45. The van der Waals surface area contributed by atoms with Crippen LogP contribution in [0.1, 0.15) is 88.0 Å². The SMILES string of the molecule is CCC(C)C(C)(C)[Si](OC)(OC)C1(C)CCCC(C)(C)C1(C)C. The maximum Gasteiger partial charge on any atom is 0.350 e. The zero-order valence-electron chi connectivity index (χ0n) is 17.7. The molecule has 2 atom stereocenters. The molecule has 2 nitrogen and oxygen atoms in total. The van der Waals surface area contributed by atoms with Gasteiger partial charge in [0.2, 0.25) is 0 Å². The van der Waals surface area contributed by atoms with E-state index in [1.807, 2.05) is 14.2 Å². The summed E-state index contributed by atoms with van der Waals surface area (Å²) < 4.78 is 12.9. The molecule has 0 aliphatic heterocycles. The van der Waals surface area contributed by atoms with Crippen molar-refractivity contribution in [2.75, 3.05) is 14.2 Å². The Labute approximate surface area is 147 Å². The molecule has 0 radical (unpaired) electrons. The molecule has 138 valence electrons. The van der Waals surface area contributed by atoms with Crippen LogP contribution in [0.3, 0.4) is 0 Å². The lowest BCUT2D eigenvalue weighted by molar-refractivity contribution is -0.0247. The van der Waals surface area contributed by atoms with Crippen molar-refractivity contribution >= 4 is 8.56 Å². The van der Waals surface area contributed by atoms with Crippen LogP contribution >= 0.6 is 0 Å². The van der Waals surface area contributed by atoms with Crippen LogP contribution in [-0.4, -0.2) is 22.8 Å². The van der Waals surface area contributed by atoms with Gasteiger partial charge in [0.05, 0.1) is 0 Å². The molecule has 1 rings (SSSR count). The van der Waals surface area contributed by atoms with Gasteiger partial charge in [-0.2, -0.15) is 0 Å². The molecule has 0 spiro atoms. The standard InChI is InChI=1S/C20H42O2Si/c1-12-16(2)18(5,6)23(21-10,22-11)20(9)15-13-14-17(3,4)19(20,7)8/h16H,12-15H2,1-11H3. The molecule has 0 aromatic heterocycles. The van der Waals surface area contributed by atoms with E-state index in [-0.39, 0.29) is 15.5 Å². The van der Waals surface area contributed by atoms with E-state index in [0.717, 1.165) is 6.42 Å². The predicted molar refractivity (Wildman–Crippen MR) is 103 cm³/mol. The summed E-state index contributed by atoms with van der Waals surface area (Å²) in [5.74, 6) is 0.576. The van der Waals surface area contributed by atoms with Crippen LogP contribution in [0.15, 0.2) is 0 Å². The zero-order chi connectivity index (χ0) is 18.3. The van der Waals surface area contributed by atoms with Crippen molar-refractivity contribution in [2.45, 2.75) is 98.1 Å². The molecule has 0 heterocycles. The fraction of sp³-hybridized carbons (Fsp3) is 1.00. The second kappa shape index (κ2) is 6.46. The Morgan fingerprint density at radius 1 is 1.00 bits per heavy atom. The maximum atomic E-state index is 6.46. The number of hydrogen-bond donors (Lipinski definition) is 0. The molecule has 0 aromatic rings. The molecule has 1 aliphatic carbocycles. The van der Waals surface area contributed by atoms with Crippen LogP contribution in [0.5, 0.6) is 0 Å². The monoisotopic (exact) mass is 342 g/mol. The molecule has 23 heavy (non-hydrogen) atoms. The van der Waals surface area contributed by atoms with Crippen molar-refractivity contribution in [3.05, 3.63) is 0 Å². The minimum absolute atomic E-state index is 0.0602. The van der Waals surface area contributed by atoms with Crippen LogP contribution in [-0.2, 0) is 8.85 Å². The Morgan fingerprint density at radius 2 is 1.48 bits per heavy atom. The van der Waals surface area contributed by atoms with Gasteiger partial charge in [-0.05, 0) is 29.6 Å². The zero-order valence-corrected chi connectivity index (χ0v) is 18.7. The molecule has 0 N–H and O–H groups in total. The Hall–Kier alpha value is 0.137. The summed E-state index contributed by atoms with van der Waals surface area (Å²) in [6.07, 6.45) is 4.92. The van der Waals surface area contributed by atoms with Crippen LogP contribution in [0.25, 0.3) is 0 Å². The molecule has 1 fully saturated rings. The van der Waals surface area contributed by atoms with Crippen LogP contribution in [0, 0.1) is 16.7 Å². The van der Waals surface area contributed by atoms with Gasteiger partial charge in [0.25, 0.3) is 0 Å². The first-order valence-electron chi connectivity index (χ1n) is 9.41. The summed E-state index contributed by atoms with van der Waals surface area (Å²) in [6, 6.07) is 0. The highest BCUT2D eigenvalue weighted by Gasteiger charge is 2.71. The minimum atomic E-state index is -2.50. The van der Waals surface area contributed by atoms with E-state index < -0.39 is 8.56 Å². The van der Waals surface area contributed by atoms with Gasteiger partial charge in [0, 0.05) is 24.3 Å². The van der Waals surface area contributed by atoms with Gasteiger partial charge in [-0.15, -0.1) is 0 Å². The van der Waals surface area contributed by atoms with Crippen molar-refractivity contribution in [1.29, 1.82) is 0 Å². The highest BCUT2D eigenvalue weighted by molar-refractivity contribution is 6.74. The Kier molecular flexibility index (Phi) is 5.95. The second-order valence-electron chi connectivity index (χ2n) is 9.75. The smallest absolute Gasteiger partial charge is 0.350 e. The van der Waals surface area contributed by atoms with E-state index in [2.05, 4.69) is 62.3 Å². The van der Waals surface area contributed by atoms with Crippen molar-refractivity contribution in [1.82, 2.24) is 0 Å². The van der Waals surface area contributed by atoms with Crippen LogP contribution in [0.4, 0.5) is 0 Å². The van der Waals surface area contributed by atoms with E-state index in [0.29, 0.717) is 11.3 Å². The summed E-state index contributed by atoms with van der Waals surface area (Å²) in [4.78, 5) is 0. The van der Waals surface area contributed by atoms with E-state index >= 15 is 0 Å². The lowest BCUT2D eigenvalue weighted by atomic mass is 9.54. The minimum Gasteiger partial charge on any atom is -0.397 e. The molecule has 1 saturated carbocycles. The highest BCUT2D eigenvalue weighted by Crippen LogP contribution is 2.72. The Morgan fingerprint density at radius 3 is 1.87 bits per heavy atom. The third-order valence-electron chi connectivity index (χ3n) is 8.54. The first-order chi connectivity index (χ1) is 10.3. The van der Waals surface area contributed by atoms with Crippen LogP contribution < -0.4 is 0 Å². The number of hydrogen-bond acceptors (Lipinski definition) is 2. The lowest BCUT2D eigenvalue weighted by Crippen LogP contribution is -2.67. The molecule has 2 unspecified atom stereocenters. The third-order valence-corrected chi connectivity index (χ3v) is 14.2. The van der Waals surface area contributed by atoms with Gasteiger partial charge in [-0.3, -0.25) is 0 Å². The average molecular weight is 343 g/mol. The van der Waals surface area contributed by atoms with Crippen LogP contribution in [0.2, 0.25) is 10.1 Å². The predicted octanol–water partition coefficient (Wildman–Crippen LogP) is 6.54. The molecule has 0 aromatic carbocycles. The lowest BCUT2D eigenvalue weighted by Gasteiger charge is -2.65. The molecule has 1 aliphatic rings. The quantitative estimate of drug-likeness (QED) is 0.510. The largest absolute Gasteiger partial charge is 0.397 e.